The van der Waals surface area contributed by atoms with E-state index >= 15 is 0 Å². The molecule has 15 heavy (non-hydrogen) atoms. The van der Waals surface area contributed by atoms with E-state index in [1.165, 1.54) is 4.31 Å². The summed E-state index contributed by atoms with van der Waals surface area (Å²) in [6.07, 6.45) is 0. The zero-order valence-corrected chi connectivity index (χ0v) is 11.4. The Kier molecular flexibility index (Phi) is 3.92. The minimum atomic E-state index is -3.32. The minimum absolute atomic E-state index is 0.370. The molecule has 0 N–H and O–H groups in total. The monoisotopic (exact) mass is 291 g/mol. The smallest absolute Gasteiger partial charge is 0.207 e. The molecule has 0 spiro atoms. The fourth-order valence-corrected chi connectivity index (χ4v) is 3.10. The first-order valence-electron chi connectivity index (χ1n) is 4.62. The van der Waals surface area contributed by atoms with Gasteiger partial charge in [-0.1, -0.05) is 22.9 Å². The van der Waals surface area contributed by atoms with Gasteiger partial charge in [-0.05, 0) is 30.7 Å². The van der Waals surface area contributed by atoms with Crippen LogP contribution in [0.25, 0.3) is 0 Å². The average molecular weight is 292 g/mol. The van der Waals surface area contributed by atoms with Crippen molar-refractivity contribution in [3.8, 4) is 0 Å². The fourth-order valence-electron chi connectivity index (χ4n) is 1.24. The lowest BCUT2D eigenvalue weighted by Crippen LogP contribution is -2.27. The standard InChI is InChI=1S/C10H14BrNO2S/c1-4-12(3)15(13,14)10-6-5-9(11)7-8(10)2/h5-7H,4H2,1-3H3. The lowest BCUT2D eigenvalue weighted by atomic mass is 10.2. The van der Waals surface area contributed by atoms with Gasteiger partial charge in [0.2, 0.25) is 10.0 Å². The number of nitrogens with zero attached hydrogens (tertiary/aromatic N) is 1. The third-order valence-corrected chi connectivity index (χ3v) is 4.86. The van der Waals surface area contributed by atoms with Crippen LogP contribution < -0.4 is 0 Å². The van der Waals surface area contributed by atoms with Crippen molar-refractivity contribution >= 4 is 26.0 Å². The Morgan fingerprint density at radius 3 is 2.47 bits per heavy atom. The van der Waals surface area contributed by atoms with Gasteiger partial charge in [0.1, 0.15) is 0 Å². The summed E-state index contributed by atoms with van der Waals surface area (Å²) in [4.78, 5) is 0.370. The van der Waals surface area contributed by atoms with Gasteiger partial charge in [-0.15, -0.1) is 0 Å². The van der Waals surface area contributed by atoms with E-state index in [0.717, 1.165) is 10.0 Å². The molecule has 0 aliphatic rings. The van der Waals surface area contributed by atoms with Crippen molar-refractivity contribution in [2.75, 3.05) is 13.6 Å². The van der Waals surface area contributed by atoms with Crippen LogP contribution in [-0.4, -0.2) is 26.3 Å². The number of halogens is 1. The van der Waals surface area contributed by atoms with Crippen molar-refractivity contribution in [3.63, 3.8) is 0 Å². The summed E-state index contributed by atoms with van der Waals surface area (Å²) in [5.74, 6) is 0. The SMILES string of the molecule is CCN(C)S(=O)(=O)c1ccc(Br)cc1C. The maximum atomic E-state index is 12.0. The van der Waals surface area contributed by atoms with Crippen LogP contribution in [0.4, 0.5) is 0 Å². The number of hydrogen-bond donors (Lipinski definition) is 0. The van der Waals surface area contributed by atoms with Crippen molar-refractivity contribution in [3.05, 3.63) is 28.2 Å². The van der Waals surface area contributed by atoms with Gasteiger partial charge in [-0.25, -0.2) is 12.7 Å². The van der Waals surface area contributed by atoms with Crippen LogP contribution in [0.2, 0.25) is 0 Å². The zero-order chi connectivity index (χ0) is 11.6. The number of hydrogen-bond acceptors (Lipinski definition) is 2. The van der Waals surface area contributed by atoms with Gasteiger partial charge in [0.05, 0.1) is 4.90 Å². The van der Waals surface area contributed by atoms with Gasteiger partial charge in [0.25, 0.3) is 0 Å². The zero-order valence-electron chi connectivity index (χ0n) is 8.99. The maximum Gasteiger partial charge on any atom is 0.243 e. The molecule has 0 radical (unpaired) electrons. The molecular formula is C10H14BrNO2S. The van der Waals surface area contributed by atoms with Crippen LogP contribution in [0, 0.1) is 6.92 Å². The topological polar surface area (TPSA) is 37.4 Å². The number of rotatable bonds is 3. The van der Waals surface area contributed by atoms with Crippen LogP contribution in [-0.2, 0) is 10.0 Å². The predicted molar refractivity (Wildman–Crippen MR) is 64.4 cm³/mol. The normalized spacial score (nSPS) is 12.1. The van der Waals surface area contributed by atoms with Crippen molar-refractivity contribution in [2.45, 2.75) is 18.7 Å². The number of aryl methyl sites for hydroxylation is 1. The molecule has 0 saturated heterocycles. The van der Waals surface area contributed by atoms with E-state index in [4.69, 9.17) is 0 Å². The van der Waals surface area contributed by atoms with E-state index < -0.39 is 10.0 Å². The van der Waals surface area contributed by atoms with E-state index in [0.29, 0.717) is 11.4 Å². The second-order valence-electron chi connectivity index (χ2n) is 3.33. The largest absolute Gasteiger partial charge is 0.243 e. The van der Waals surface area contributed by atoms with Crippen molar-refractivity contribution in [1.29, 1.82) is 0 Å². The van der Waals surface area contributed by atoms with Gasteiger partial charge >= 0.3 is 0 Å². The highest BCUT2D eigenvalue weighted by Crippen LogP contribution is 2.22. The summed E-state index contributed by atoms with van der Waals surface area (Å²) in [7, 11) is -1.74. The molecule has 0 aliphatic heterocycles. The summed E-state index contributed by atoms with van der Waals surface area (Å²) in [6, 6.07) is 5.17. The molecule has 0 aliphatic carbocycles. The van der Waals surface area contributed by atoms with Gasteiger partial charge in [0, 0.05) is 18.1 Å². The summed E-state index contributed by atoms with van der Waals surface area (Å²) in [5, 5.41) is 0. The minimum Gasteiger partial charge on any atom is -0.207 e. The maximum absolute atomic E-state index is 12.0. The molecule has 0 unspecified atom stereocenters. The summed E-state index contributed by atoms with van der Waals surface area (Å²) in [5.41, 5.74) is 0.754. The molecular weight excluding hydrogens is 278 g/mol. The first-order chi connectivity index (χ1) is 6.89. The van der Waals surface area contributed by atoms with E-state index in [1.807, 2.05) is 6.92 Å². The molecule has 0 fully saturated rings. The van der Waals surface area contributed by atoms with Crippen LogP contribution >= 0.6 is 15.9 Å². The molecule has 1 aromatic rings. The van der Waals surface area contributed by atoms with Crippen LogP contribution in [0.5, 0.6) is 0 Å². The molecule has 5 heteroatoms. The highest BCUT2D eigenvalue weighted by atomic mass is 79.9. The Labute approximate surface area is 99.3 Å². The molecule has 1 aromatic carbocycles. The summed E-state index contributed by atoms with van der Waals surface area (Å²) >= 11 is 3.31. The van der Waals surface area contributed by atoms with E-state index in [9.17, 15) is 8.42 Å². The van der Waals surface area contributed by atoms with Gasteiger partial charge in [-0.3, -0.25) is 0 Å². The van der Waals surface area contributed by atoms with Crippen molar-refractivity contribution in [1.82, 2.24) is 4.31 Å². The van der Waals surface area contributed by atoms with E-state index in [2.05, 4.69) is 15.9 Å². The van der Waals surface area contributed by atoms with Crippen molar-refractivity contribution < 1.29 is 8.42 Å². The Morgan fingerprint density at radius 2 is 2.00 bits per heavy atom. The molecule has 0 bridgehead atoms. The molecule has 84 valence electrons. The average Bonchev–Trinajstić information content (AvgIpc) is 2.15. The number of benzene rings is 1. The summed E-state index contributed by atoms with van der Waals surface area (Å²) in [6.45, 7) is 4.07. The molecule has 0 saturated carbocycles. The Morgan fingerprint density at radius 1 is 1.40 bits per heavy atom. The van der Waals surface area contributed by atoms with Crippen LogP contribution in [0.1, 0.15) is 12.5 Å². The Balaban J connectivity index is 3.28. The van der Waals surface area contributed by atoms with E-state index in [1.54, 1.807) is 32.2 Å². The highest BCUT2D eigenvalue weighted by Gasteiger charge is 2.20. The molecule has 1 rings (SSSR count). The highest BCUT2D eigenvalue weighted by molar-refractivity contribution is 9.10. The lowest BCUT2D eigenvalue weighted by molar-refractivity contribution is 0.486. The third-order valence-electron chi connectivity index (χ3n) is 2.27. The molecule has 0 aromatic heterocycles. The first kappa shape index (κ1) is 12.7. The van der Waals surface area contributed by atoms with E-state index in [-0.39, 0.29) is 0 Å². The van der Waals surface area contributed by atoms with Gasteiger partial charge in [0.15, 0.2) is 0 Å². The Hall–Kier alpha value is -0.390. The third kappa shape index (κ3) is 2.59. The van der Waals surface area contributed by atoms with Gasteiger partial charge in [-0.2, -0.15) is 0 Å². The number of sulfonamides is 1. The fraction of sp³-hybridized carbons (Fsp3) is 0.400. The molecule has 0 atom stereocenters. The van der Waals surface area contributed by atoms with Crippen molar-refractivity contribution in [2.24, 2.45) is 0 Å². The first-order valence-corrected chi connectivity index (χ1v) is 6.85. The molecule has 3 nitrogen and oxygen atoms in total. The predicted octanol–water partition coefficient (Wildman–Crippen LogP) is 2.40. The molecule has 0 amide bonds. The second kappa shape index (κ2) is 4.63. The lowest BCUT2D eigenvalue weighted by Gasteiger charge is -2.16. The second-order valence-corrected chi connectivity index (χ2v) is 6.26. The van der Waals surface area contributed by atoms with Crippen LogP contribution in [0.15, 0.2) is 27.6 Å². The van der Waals surface area contributed by atoms with Crippen LogP contribution in [0.3, 0.4) is 0 Å². The molecule has 0 heterocycles. The van der Waals surface area contributed by atoms with Gasteiger partial charge < -0.3 is 0 Å². The summed E-state index contributed by atoms with van der Waals surface area (Å²) < 4.78 is 26.2. The quantitative estimate of drug-likeness (QED) is 0.858. The Bertz CT molecular complexity index is 456.